The summed E-state index contributed by atoms with van der Waals surface area (Å²) in [6.07, 6.45) is 0. The van der Waals surface area contributed by atoms with Gasteiger partial charge in [-0.05, 0) is 36.8 Å². The molecule has 0 fully saturated rings. The zero-order chi connectivity index (χ0) is 15.5. The van der Waals surface area contributed by atoms with E-state index in [0.29, 0.717) is 12.4 Å². The number of nitrogens with one attached hydrogen (secondary N) is 1. The highest BCUT2D eigenvalue weighted by Crippen LogP contribution is 2.22. The highest BCUT2D eigenvalue weighted by Gasteiger charge is 2.11. The van der Waals surface area contributed by atoms with Crippen molar-refractivity contribution in [1.82, 2.24) is 10.3 Å². The maximum atomic E-state index is 13.7. The number of oxazole rings is 1. The molecule has 1 aromatic heterocycles. The molecular formula is C17H17FN2O2. The van der Waals surface area contributed by atoms with Crippen LogP contribution in [0.3, 0.4) is 0 Å². The first-order chi connectivity index (χ1) is 10.7. The molecule has 1 heterocycles. The van der Waals surface area contributed by atoms with Crippen LogP contribution >= 0.6 is 0 Å². The molecule has 0 aliphatic heterocycles. The van der Waals surface area contributed by atoms with E-state index in [2.05, 4.69) is 10.3 Å². The Balaban J connectivity index is 1.69. The number of fused-ring (bicyclic) bond motifs is 1. The van der Waals surface area contributed by atoms with Crippen LogP contribution in [-0.2, 0) is 6.54 Å². The maximum Gasteiger partial charge on any atom is 0.209 e. The molecular weight excluding hydrogens is 283 g/mol. The summed E-state index contributed by atoms with van der Waals surface area (Å²) in [6.45, 7) is 2.44. The van der Waals surface area contributed by atoms with Crippen molar-refractivity contribution in [3.63, 3.8) is 0 Å². The molecule has 114 valence electrons. The molecule has 0 aliphatic carbocycles. The normalized spacial score (nSPS) is 12.5. The number of ether oxygens (including phenoxy) is 1. The average Bonchev–Trinajstić information content (AvgIpc) is 2.95. The molecule has 0 radical (unpaired) electrons. The third-order valence-electron chi connectivity index (χ3n) is 3.57. The fraction of sp³-hybridized carbons (Fsp3) is 0.235. The number of aromatic nitrogens is 1. The Labute approximate surface area is 127 Å². The van der Waals surface area contributed by atoms with Gasteiger partial charge in [0, 0.05) is 6.04 Å². The molecule has 1 atom stereocenters. The Hall–Kier alpha value is -2.40. The Kier molecular flexibility index (Phi) is 4.06. The first-order valence-electron chi connectivity index (χ1n) is 7.08. The number of rotatable bonds is 5. The molecule has 0 aliphatic rings. The number of nitrogens with zero attached hydrogens (tertiary/aromatic N) is 1. The highest BCUT2D eigenvalue weighted by atomic mass is 19.1. The van der Waals surface area contributed by atoms with Gasteiger partial charge in [0.15, 0.2) is 17.1 Å². The third kappa shape index (κ3) is 2.94. The number of hydrogen-bond donors (Lipinski definition) is 1. The lowest BCUT2D eigenvalue weighted by Gasteiger charge is -2.14. The Bertz CT molecular complexity index is 752. The molecule has 4 nitrogen and oxygen atoms in total. The minimum atomic E-state index is -0.365. The van der Waals surface area contributed by atoms with Gasteiger partial charge in [-0.1, -0.05) is 18.2 Å². The standard InChI is InChI=1S/C17H17FN2O2/c1-11(12-7-8-15(21-2)13(18)9-12)19-10-17-20-14-5-3-4-6-16(14)22-17/h3-9,11,19H,10H2,1-2H3/t11-/m0/s1. The van der Waals surface area contributed by atoms with Crippen LogP contribution in [0.15, 0.2) is 46.9 Å². The van der Waals surface area contributed by atoms with E-state index in [1.54, 1.807) is 6.07 Å². The van der Waals surface area contributed by atoms with Gasteiger partial charge in [0.05, 0.1) is 13.7 Å². The zero-order valence-corrected chi connectivity index (χ0v) is 12.5. The zero-order valence-electron chi connectivity index (χ0n) is 12.5. The van der Waals surface area contributed by atoms with Gasteiger partial charge in [-0.15, -0.1) is 0 Å². The minimum absolute atomic E-state index is 0.0320. The number of methoxy groups -OCH3 is 1. The van der Waals surface area contributed by atoms with Gasteiger partial charge in [-0.3, -0.25) is 0 Å². The van der Waals surface area contributed by atoms with E-state index in [-0.39, 0.29) is 17.6 Å². The Morgan fingerprint density at radius 3 is 2.82 bits per heavy atom. The third-order valence-corrected chi connectivity index (χ3v) is 3.57. The Morgan fingerprint density at radius 1 is 1.27 bits per heavy atom. The second-order valence-corrected chi connectivity index (χ2v) is 5.07. The van der Waals surface area contributed by atoms with Crippen LogP contribution < -0.4 is 10.1 Å². The number of benzene rings is 2. The van der Waals surface area contributed by atoms with Gasteiger partial charge in [0.1, 0.15) is 5.52 Å². The van der Waals surface area contributed by atoms with Gasteiger partial charge in [-0.2, -0.15) is 0 Å². The SMILES string of the molecule is COc1ccc([C@H](C)NCc2nc3ccccc3o2)cc1F. The average molecular weight is 300 g/mol. The van der Waals surface area contributed by atoms with Crippen LogP contribution in [0, 0.1) is 5.82 Å². The van der Waals surface area contributed by atoms with E-state index in [0.717, 1.165) is 16.7 Å². The smallest absolute Gasteiger partial charge is 0.209 e. The van der Waals surface area contributed by atoms with E-state index in [9.17, 15) is 4.39 Å². The van der Waals surface area contributed by atoms with Crippen molar-refractivity contribution in [1.29, 1.82) is 0 Å². The summed E-state index contributed by atoms with van der Waals surface area (Å²) >= 11 is 0. The van der Waals surface area contributed by atoms with Gasteiger partial charge >= 0.3 is 0 Å². The van der Waals surface area contributed by atoms with E-state index in [4.69, 9.17) is 9.15 Å². The largest absolute Gasteiger partial charge is 0.494 e. The lowest BCUT2D eigenvalue weighted by molar-refractivity contribution is 0.385. The second-order valence-electron chi connectivity index (χ2n) is 5.07. The number of para-hydroxylation sites is 2. The predicted molar refractivity (Wildman–Crippen MR) is 82.2 cm³/mol. The summed E-state index contributed by atoms with van der Waals surface area (Å²) in [4.78, 5) is 4.40. The first kappa shape index (κ1) is 14.5. The lowest BCUT2D eigenvalue weighted by atomic mass is 10.1. The fourth-order valence-corrected chi connectivity index (χ4v) is 2.31. The van der Waals surface area contributed by atoms with Crippen molar-refractivity contribution in [3.8, 4) is 5.75 Å². The van der Waals surface area contributed by atoms with Gasteiger partial charge in [-0.25, -0.2) is 9.37 Å². The quantitative estimate of drug-likeness (QED) is 0.778. The summed E-state index contributed by atoms with van der Waals surface area (Å²) in [6, 6.07) is 12.5. The van der Waals surface area contributed by atoms with Crippen molar-refractivity contribution >= 4 is 11.1 Å². The highest BCUT2D eigenvalue weighted by molar-refractivity contribution is 5.72. The van der Waals surface area contributed by atoms with E-state index in [1.807, 2.05) is 37.3 Å². The monoisotopic (exact) mass is 300 g/mol. The molecule has 0 saturated heterocycles. The molecule has 22 heavy (non-hydrogen) atoms. The van der Waals surface area contributed by atoms with Crippen LogP contribution in [0.1, 0.15) is 24.4 Å². The van der Waals surface area contributed by atoms with Crippen molar-refractivity contribution in [2.24, 2.45) is 0 Å². The summed E-state index contributed by atoms with van der Waals surface area (Å²) in [5, 5.41) is 3.28. The van der Waals surface area contributed by atoms with Crippen LogP contribution in [0.4, 0.5) is 4.39 Å². The van der Waals surface area contributed by atoms with E-state index in [1.165, 1.54) is 13.2 Å². The van der Waals surface area contributed by atoms with E-state index < -0.39 is 0 Å². The molecule has 0 unspecified atom stereocenters. The molecule has 0 bridgehead atoms. The second kappa shape index (κ2) is 6.15. The minimum Gasteiger partial charge on any atom is -0.494 e. The number of halogens is 1. The molecule has 5 heteroatoms. The summed E-state index contributed by atoms with van der Waals surface area (Å²) in [5.41, 5.74) is 2.44. The Morgan fingerprint density at radius 2 is 2.09 bits per heavy atom. The molecule has 0 spiro atoms. The maximum absolute atomic E-state index is 13.7. The van der Waals surface area contributed by atoms with Crippen molar-refractivity contribution in [2.75, 3.05) is 7.11 Å². The number of hydrogen-bond acceptors (Lipinski definition) is 4. The van der Waals surface area contributed by atoms with Crippen molar-refractivity contribution < 1.29 is 13.5 Å². The summed E-state index contributed by atoms with van der Waals surface area (Å²) < 4.78 is 24.3. The predicted octanol–water partition coefficient (Wildman–Crippen LogP) is 3.83. The summed E-state index contributed by atoms with van der Waals surface area (Å²) in [7, 11) is 1.45. The van der Waals surface area contributed by atoms with Crippen molar-refractivity contribution in [3.05, 3.63) is 59.7 Å². The molecule has 0 amide bonds. The first-order valence-corrected chi connectivity index (χ1v) is 7.08. The van der Waals surface area contributed by atoms with Gasteiger partial charge in [0.2, 0.25) is 5.89 Å². The lowest BCUT2D eigenvalue weighted by Crippen LogP contribution is -2.18. The van der Waals surface area contributed by atoms with Crippen LogP contribution in [0.2, 0.25) is 0 Å². The fourth-order valence-electron chi connectivity index (χ4n) is 2.31. The van der Waals surface area contributed by atoms with Crippen LogP contribution in [0.25, 0.3) is 11.1 Å². The van der Waals surface area contributed by atoms with Gasteiger partial charge in [0.25, 0.3) is 0 Å². The molecule has 3 aromatic rings. The molecule has 2 aromatic carbocycles. The van der Waals surface area contributed by atoms with E-state index >= 15 is 0 Å². The summed E-state index contributed by atoms with van der Waals surface area (Å²) in [5.74, 6) is 0.493. The van der Waals surface area contributed by atoms with Gasteiger partial charge < -0.3 is 14.5 Å². The van der Waals surface area contributed by atoms with Crippen LogP contribution in [-0.4, -0.2) is 12.1 Å². The molecule has 3 rings (SSSR count). The molecule has 0 saturated carbocycles. The van der Waals surface area contributed by atoms with Crippen molar-refractivity contribution in [2.45, 2.75) is 19.5 Å². The topological polar surface area (TPSA) is 47.3 Å². The molecule has 1 N–H and O–H groups in total. The van der Waals surface area contributed by atoms with Crippen LogP contribution in [0.5, 0.6) is 5.75 Å².